The van der Waals surface area contributed by atoms with Gasteiger partial charge in [-0.05, 0) is 51.6 Å². The van der Waals surface area contributed by atoms with Gasteiger partial charge < -0.3 is 14.8 Å². The lowest BCUT2D eigenvalue weighted by atomic mass is 9.78. The molecule has 0 spiro atoms. The Labute approximate surface area is 131 Å². The molecule has 1 saturated carbocycles. The van der Waals surface area contributed by atoms with Crippen LogP contribution in [0.1, 0.15) is 40.5 Å². The van der Waals surface area contributed by atoms with E-state index in [0.29, 0.717) is 6.04 Å². The Hall–Kier alpha value is -0.160. The van der Waals surface area contributed by atoms with Crippen molar-refractivity contribution in [3.05, 3.63) is 0 Å². The van der Waals surface area contributed by atoms with E-state index in [4.69, 9.17) is 9.47 Å². The number of ether oxygens (including phenoxy) is 2. The van der Waals surface area contributed by atoms with Crippen LogP contribution in [0.2, 0.25) is 0 Å². The molecule has 126 valence electrons. The van der Waals surface area contributed by atoms with Crippen LogP contribution in [0.5, 0.6) is 0 Å². The number of hydrogen-bond acceptors (Lipinski definition) is 4. The SMILES string of the molecule is CCOCCN(CCOCC)C1CCC1CNCC(C)C. The first-order valence-electron chi connectivity index (χ1n) is 8.79. The van der Waals surface area contributed by atoms with Gasteiger partial charge in [-0.25, -0.2) is 0 Å². The Kier molecular flexibility index (Phi) is 10.3. The molecular weight excluding hydrogens is 264 g/mol. The van der Waals surface area contributed by atoms with Crippen molar-refractivity contribution in [2.45, 2.75) is 46.6 Å². The van der Waals surface area contributed by atoms with Crippen LogP contribution in [0, 0.1) is 11.8 Å². The fourth-order valence-corrected chi connectivity index (χ4v) is 2.92. The minimum absolute atomic E-state index is 0.713. The molecule has 0 radical (unpaired) electrons. The van der Waals surface area contributed by atoms with Crippen LogP contribution in [-0.2, 0) is 9.47 Å². The van der Waals surface area contributed by atoms with Crippen LogP contribution in [0.25, 0.3) is 0 Å². The predicted molar refractivity (Wildman–Crippen MR) is 88.8 cm³/mol. The van der Waals surface area contributed by atoms with E-state index in [9.17, 15) is 0 Å². The summed E-state index contributed by atoms with van der Waals surface area (Å²) < 4.78 is 11.1. The summed E-state index contributed by atoms with van der Waals surface area (Å²) in [5.74, 6) is 1.53. The van der Waals surface area contributed by atoms with E-state index < -0.39 is 0 Å². The van der Waals surface area contributed by atoms with Gasteiger partial charge in [0.1, 0.15) is 0 Å². The van der Waals surface area contributed by atoms with E-state index in [0.717, 1.165) is 64.4 Å². The highest BCUT2D eigenvalue weighted by Crippen LogP contribution is 2.31. The Morgan fingerprint density at radius 1 is 1.05 bits per heavy atom. The van der Waals surface area contributed by atoms with Gasteiger partial charge in [0.05, 0.1) is 13.2 Å². The lowest BCUT2D eigenvalue weighted by molar-refractivity contribution is 0.0117. The average molecular weight is 300 g/mol. The molecule has 0 aromatic heterocycles. The van der Waals surface area contributed by atoms with Gasteiger partial charge in [0, 0.05) is 32.3 Å². The minimum atomic E-state index is 0.713. The predicted octanol–water partition coefficient (Wildman–Crippen LogP) is 2.39. The van der Waals surface area contributed by atoms with Crippen molar-refractivity contribution in [1.82, 2.24) is 10.2 Å². The first kappa shape index (κ1) is 18.9. The molecule has 2 atom stereocenters. The van der Waals surface area contributed by atoms with Crippen LogP contribution < -0.4 is 5.32 Å². The molecule has 21 heavy (non-hydrogen) atoms. The van der Waals surface area contributed by atoms with E-state index in [1.165, 1.54) is 12.8 Å². The molecule has 4 nitrogen and oxygen atoms in total. The van der Waals surface area contributed by atoms with Gasteiger partial charge >= 0.3 is 0 Å². The van der Waals surface area contributed by atoms with Gasteiger partial charge in [-0.1, -0.05) is 13.8 Å². The van der Waals surface area contributed by atoms with Gasteiger partial charge in [-0.15, -0.1) is 0 Å². The molecule has 0 heterocycles. The number of rotatable bonds is 13. The summed E-state index contributed by atoms with van der Waals surface area (Å²) in [4.78, 5) is 2.58. The van der Waals surface area contributed by atoms with Gasteiger partial charge in [0.25, 0.3) is 0 Å². The van der Waals surface area contributed by atoms with E-state index in [1.54, 1.807) is 0 Å². The highest BCUT2D eigenvalue weighted by Gasteiger charge is 2.34. The second-order valence-electron chi connectivity index (χ2n) is 6.39. The molecule has 1 fully saturated rings. The molecule has 1 rings (SSSR count). The number of nitrogens with zero attached hydrogens (tertiary/aromatic N) is 1. The molecule has 1 aliphatic carbocycles. The fourth-order valence-electron chi connectivity index (χ4n) is 2.92. The molecule has 0 aromatic rings. The molecule has 2 unspecified atom stereocenters. The number of hydrogen-bond donors (Lipinski definition) is 1. The quantitative estimate of drug-likeness (QED) is 0.530. The third kappa shape index (κ3) is 7.59. The molecule has 4 heteroatoms. The Balaban J connectivity index is 2.32. The zero-order valence-electron chi connectivity index (χ0n) is 14.6. The summed E-state index contributed by atoms with van der Waals surface area (Å²) in [6, 6.07) is 0.713. The Morgan fingerprint density at radius 2 is 1.67 bits per heavy atom. The van der Waals surface area contributed by atoms with Gasteiger partial charge in [-0.2, -0.15) is 0 Å². The molecular formula is C17H36N2O2. The van der Waals surface area contributed by atoms with Crippen molar-refractivity contribution >= 4 is 0 Å². The Morgan fingerprint density at radius 3 is 2.10 bits per heavy atom. The molecule has 1 aliphatic rings. The highest BCUT2D eigenvalue weighted by molar-refractivity contribution is 4.90. The minimum Gasteiger partial charge on any atom is -0.380 e. The smallest absolute Gasteiger partial charge is 0.0593 e. The molecule has 0 saturated heterocycles. The third-order valence-corrected chi connectivity index (χ3v) is 4.26. The summed E-state index contributed by atoms with van der Waals surface area (Å²) in [5.41, 5.74) is 0. The van der Waals surface area contributed by atoms with Crippen molar-refractivity contribution in [1.29, 1.82) is 0 Å². The van der Waals surface area contributed by atoms with E-state index in [-0.39, 0.29) is 0 Å². The Bertz CT molecular complexity index is 239. The van der Waals surface area contributed by atoms with Gasteiger partial charge in [0.2, 0.25) is 0 Å². The van der Waals surface area contributed by atoms with Gasteiger partial charge in [0.15, 0.2) is 0 Å². The first-order chi connectivity index (χ1) is 10.2. The maximum Gasteiger partial charge on any atom is 0.0593 e. The molecule has 0 amide bonds. The van der Waals surface area contributed by atoms with Crippen LogP contribution in [-0.4, -0.2) is 63.5 Å². The standard InChI is InChI=1S/C17H36N2O2/c1-5-20-11-9-19(10-12-21-6-2)17-8-7-16(17)14-18-13-15(3)4/h15-18H,5-14H2,1-4H3. The average Bonchev–Trinajstić information content (AvgIpc) is 2.42. The molecule has 0 bridgehead atoms. The van der Waals surface area contributed by atoms with E-state index >= 15 is 0 Å². The van der Waals surface area contributed by atoms with Crippen molar-refractivity contribution in [3.8, 4) is 0 Å². The highest BCUT2D eigenvalue weighted by atomic mass is 16.5. The van der Waals surface area contributed by atoms with E-state index in [1.807, 2.05) is 0 Å². The van der Waals surface area contributed by atoms with Crippen molar-refractivity contribution in [2.24, 2.45) is 11.8 Å². The zero-order valence-corrected chi connectivity index (χ0v) is 14.6. The van der Waals surface area contributed by atoms with Crippen LogP contribution in [0.15, 0.2) is 0 Å². The molecule has 0 aromatic carbocycles. The normalized spacial score (nSPS) is 22.0. The zero-order chi connectivity index (χ0) is 15.5. The molecule has 0 aliphatic heterocycles. The van der Waals surface area contributed by atoms with Gasteiger partial charge in [-0.3, -0.25) is 4.90 Å². The lowest BCUT2D eigenvalue weighted by Crippen LogP contribution is -2.52. The monoisotopic (exact) mass is 300 g/mol. The third-order valence-electron chi connectivity index (χ3n) is 4.26. The maximum absolute atomic E-state index is 5.54. The largest absolute Gasteiger partial charge is 0.380 e. The van der Waals surface area contributed by atoms with Crippen molar-refractivity contribution < 1.29 is 9.47 Å². The number of nitrogens with one attached hydrogen (secondary N) is 1. The van der Waals surface area contributed by atoms with Crippen LogP contribution in [0.3, 0.4) is 0 Å². The van der Waals surface area contributed by atoms with Crippen LogP contribution >= 0.6 is 0 Å². The van der Waals surface area contributed by atoms with Crippen molar-refractivity contribution in [2.75, 3.05) is 52.6 Å². The summed E-state index contributed by atoms with van der Waals surface area (Å²) in [5, 5.41) is 3.62. The summed E-state index contributed by atoms with van der Waals surface area (Å²) in [6.45, 7) is 16.3. The lowest BCUT2D eigenvalue weighted by Gasteiger charge is -2.44. The topological polar surface area (TPSA) is 33.7 Å². The first-order valence-corrected chi connectivity index (χ1v) is 8.79. The van der Waals surface area contributed by atoms with E-state index in [2.05, 4.69) is 37.9 Å². The summed E-state index contributed by atoms with van der Waals surface area (Å²) in [7, 11) is 0. The van der Waals surface area contributed by atoms with Crippen LogP contribution in [0.4, 0.5) is 0 Å². The second kappa shape index (κ2) is 11.4. The summed E-state index contributed by atoms with van der Waals surface area (Å²) >= 11 is 0. The fraction of sp³-hybridized carbons (Fsp3) is 1.00. The molecule has 1 N–H and O–H groups in total. The second-order valence-corrected chi connectivity index (χ2v) is 6.39. The maximum atomic E-state index is 5.54. The summed E-state index contributed by atoms with van der Waals surface area (Å²) in [6.07, 6.45) is 2.68. The van der Waals surface area contributed by atoms with Crippen molar-refractivity contribution in [3.63, 3.8) is 0 Å².